The van der Waals surface area contributed by atoms with Gasteiger partial charge in [0, 0.05) is 12.6 Å². The third-order valence-electron chi connectivity index (χ3n) is 2.99. The van der Waals surface area contributed by atoms with Crippen molar-refractivity contribution < 1.29 is 4.74 Å². The second-order valence-corrected chi connectivity index (χ2v) is 4.17. The lowest BCUT2D eigenvalue weighted by Crippen LogP contribution is -2.30. The fourth-order valence-electron chi connectivity index (χ4n) is 2.01. The first-order valence-corrected chi connectivity index (χ1v) is 4.94. The van der Waals surface area contributed by atoms with Crippen molar-refractivity contribution in [3.63, 3.8) is 0 Å². The number of nitrogens with two attached hydrogens (primary N) is 1. The monoisotopic (exact) mass is 171 g/mol. The molecule has 1 fully saturated rings. The van der Waals surface area contributed by atoms with E-state index in [1.165, 1.54) is 19.3 Å². The molecule has 0 amide bonds. The predicted molar refractivity (Wildman–Crippen MR) is 51.0 cm³/mol. The van der Waals surface area contributed by atoms with Crippen molar-refractivity contribution in [1.82, 2.24) is 0 Å². The molecule has 0 aromatic carbocycles. The zero-order valence-electron chi connectivity index (χ0n) is 8.47. The molecule has 1 aliphatic carbocycles. The van der Waals surface area contributed by atoms with Gasteiger partial charge in [0.2, 0.25) is 0 Å². The third-order valence-corrected chi connectivity index (χ3v) is 2.99. The molecule has 72 valence electrons. The van der Waals surface area contributed by atoms with Crippen molar-refractivity contribution in [2.45, 2.75) is 51.2 Å². The van der Waals surface area contributed by atoms with Crippen molar-refractivity contribution in [2.75, 3.05) is 7.11 Å². The number of hydrogen-bond acceptors (Lipinski definition) is 2. The van der Waals surface area contributed by atoms with E-state index in [9.17, 15) is 0 Å². The van der Waals surface area contributed by atoms with Crippen LogP contribution in [0.25, 0.3) is 0 Å². The maximum absolute atomic E-state index is 6.17. The normalized spacial score (nSPS) is 36.5. The Morgan fingerprint density at radius 3 is 2.83 bits per heavy atom. The molecule has 12 heavy (non-hydrogen) atoms. The van der Waals surface area contributed by atoms with Gasteiger partial charge < -0.3 is 10.5 Å². The van der Waals surface area contributed by atoms with Crippen molar-refractivity contribution >= 4 is 0 Å². The minimum absolute atomic E-state index is 0.117. The summed E-state index contributed by atoms with van der Waals surface area (Å²) < 4.78 is 5.21. The molecule has 2 nitrogen and oxygen atoms in total. The molecule has 3 atom stereocenters. The predicted octanol–water partition coefficient (Wildman–Crippen LogP) is 1.93. The maximum Gasteiger partial charge on any atom is 0.0560 e. The van der Waals surface area contributed by atoms with E-state index in [1.54, 1.807) is 7.11 Å². The van der Waals surface area contributed by atoms with Gasteiger partial charge in [-0.2, -0.15) is 0 Å². The first kappa shape index (κ1) is 10.0. The van der Waals surface area contributed by atoms with Crippen LogP contribution in [0.5, 0.6) is 0 Å². The molecule has 0 aromatic rings. The molecule has 0 bridgehead atoms. The summed E-state index contributed by atoms with van der Waals surface area (Å²) in [7, 11) is 1.76. The summed E-state index contributed by atoms with van der Waals surface area (Å²) in [4.78, 5) is 0. The average molecular weight is 171 g/mol. The molecule has 0 aromatic heterocycles. The summed E-state index contributed by atoms with van der Waals surface area (Å²) in [5.74, 6) is 0.764. The van der Waals surface area contributed by atoms with Crippen LogP contribution in [0.1, 0.15) is 39.5 Å². The minimum atomic E-state index is 0.117. The van der Waals surface area contributed by atoms with Gasteiger partial charge in [-0.05, 0) is 32.1 Å². The Kier molecular flexibility index (Phi) is 3.13. The van der Waals surface area contributed by atoms with E-state index in [-0.39, 0.29) is 5.54 Å². The van der Waals surface area contributed by atoms with Crippen LogP contribution in [0, 0.1) is 5.92 Å². The molecule has 1 saturated carbocycles. The van der Waals surface area contributed by atoms with Gasteiger partial charge in [0.05, 0.1) is 6.10 Å². The SMILES string of the molecule is CCCC1CC1(N)CC(C)OC. The molecule has 1 aliphatic rings. The molecule has 0 spiro atoms. The second-order valence-electron chi connectivity index (χ2n) is 4.17. The highest BCUT2D eigenvalue weighted by Crippen LogP contribution is 2.47. The zero-order chi connectivity index (χ0) is 9.19. The molecule has 0 aliphatic heterocycles. The smallest absolute Gasteiger partial charge is 0.0560 e. The van der Waals surface area contributed by atoms with Gasteiger partial charge in [0.25, 0.3) is 0 Å². The van der Waals surface area contributed by atoms with Crippen LogP contribution in [0.2, 0.25) is 0 Å². The van der Waals surface area contributed by atoms with E-state index in [0.29, 0.717) is 6.10 Å². The van der Waals surface area contributed by atoms with Crippen molar-refractivity contribution in [3.05, 3.63) is 0 Å². The molecule has 2 heteroatoms. The number of rotatable bonds is 5. The first-order valence-electron chi connectivity index (χ1n) is 4.94. The first-order chi connectivity index (χ1) is 5.62. The highest BCUT2D eigenvalue weighted by atomic mass is 16.5. The Morgan fingerprint density at radius 1 is 1.67 bits per heavy atom. The molecule has 0 radical (unpaired) electrons. The molecule has 0 saturated heterocycles. The van der Waals surface area contributed by atoms with Gasteiger partial charge in [-0.15, -0.1) is 0 Å². The summed E-state index contributed by atoms with van der Waals surface area (Å²) >= 11 is 0. The Labute approximate surface area is 75.5 Å². The fraction of sp³-hybridized carbons (Fsp3) is 1.00. The minimum Gasteiger partial charge on any atom is -0.382 e. The van der Waals surface area contributed by atoms with Crippen LogP contribution >= 0.6 is 0 Å². The molecule has 1 rings (SSSR count). The highest BCUT2D eigenvalue weighted by molar-refractivity contribution is 5.08. The van der Waals surface area contributed by atoms with Crippen LogP contribution in [0.3, 0.4) is 0 Å². The van der Waals surface area contributed by atoms with Crippen LogP contribution in [0.4, 0.5) is 0 Å². The van der Waals surface area contributed by atoms with E-state index < -0.39 is 0 Å². The summed E-state index contributed by atoms with van der Waals surface area (Å²) in [5.41, 5.74) is 6.29. The Morgan fingerprint density at radius 2 is 2.33 bits per heavy atom. The lowest BCUT2D eigenvalue weighted by Gasteiger charge is -2.16. The van der Waals surface area contributed by atoms with Gasteiger partial charge in [0.1, 0.15) is 0 Å². The Balaban J connectivity index is 2.25. The second kappa shape index (κ2) is 3.75. The van der Waals surface area contributed by atoms with Crippen LogP contribution in [0.15, 0.2) is 0 Å². The maximum atomic E-state index is 6.17. The van der Waals surface area contributed by atoms with Gasteiger partial charge in [-0.1, -0.05) is 13.3 Å². The van der Waals surface area contributed by atoms with Crippen molar-refractivity contribution in [3.8, 4) is 0 Å². The summed E-state index contributed by atoms with van der Waals surface area (Å²) in [5, 5.41) is 0. The van der Waals surface area contributed by atoms with Gasteiger partial charge in [-0.25, -0.2) is 0 Å². The van der Waals surface area contributed by atoms with E-state index in [2.05, 4.69) is 13.8 Å². The number of ether oxygens (including phenoxy) is 1. The average Bonchev–Trinajstić information content (AvgIpc) is 2.62. The largest absolute Gasteiger partial charge is 0.382 e. The van der Waals surface area contributed by atoms with Crippen LogP contribution < -0.4 is 5.73 Å². The van der Waals surface area contributed by atoms with Gasteiger partial charge in [-0.3, -0.25) is 0 Å². The van der Waals surface area contributed by atoms with E-state index in [4.69, 9.17) is 10.5 Å². The fourth-order valence-corrected chi connectivity index (χ4v) is 2.01. The molecular formula is C10H21NO. The highest BCUT2D eigenvalue weighted by Gasteiger charge is 2.50. The molecule has 0 heterocycles. The lowest BCUT2D eigenvalue weighted by atomic mass is 10.0. The van der Waals surface area contributed by atoms with Crippen LogP contribution in [-0.2, 0) is 4.74 Å². The number of methoxy groups -OCH3 is 1. The topological polar surface area (TPSA) is 35.2 Å². The quantitative estimate of drug-likeness (QED) is 0.686. The third kappa shape index (κ3) is 2.20. The van der Waals surface area contributed by atoms with E-state index >= 15 is 0 Å². The summed E-state index contributed by atoms with van der Waals surface area (Å²) in [6, 6.07) is 0. The molecule has 3 unspecified atom stereocenters. The van der Waals surface area contributed by atoms with Gasteiger partial charge in [0.15, 0.2) is 0 Å². The standard InChI is InChI=1S/C10H21NO/c1-4-5-9-7-10(9,11)6-8(2)12-3/h8-9H,4-7,11H2,1-3H3. The lowest BCUT2D eigenvalue weighted by molar-refractivity contribution is 0.0999. The molecular weight excluding hydrogens is 150 g/mol. The van der Waals surface area contributed by atoms with Crippen molar-refractivity contribution in [2.24, 2.45) is 11.7 Å². The van der Waals surface area contributed by atoms with Gasteiger partial charge >= 0.3 is 0 Å². The Bertz CT molecular complexity index is 149. The van der Waals surface area contributed by atoms with E-state index in [1.807, 2.05) is 0 Å². The Hall–Kier alpha value is -0.0800. The van der Waals surface area contributed by atoms with Crippen molar-refractivity contribution in [1.29, 1.82) is 0 Å². The van der Waals surface area contributed by atoms with Crippen LogP contribution in [-0.4, -0.2) is 18.8 Å². The van der Waals surface area contributed by atoms with E-state index in [0.717, 1.165) is 12.3 Å². The zero-order valence-corrected chi connectivity index (χ0v) is 8.47. The summed E-state index contributed by atoms with van der Waals surface area (Å²) in [6.07, 6.45) is 5.08. The molecule has 2 N–H and O–H groups in total. The summed E-state index contributed by atoms with van der Waals surface area (Å²) in [6.45, 7) is 4.31. The number of hydrogen-bond donors (Lipinski definition) is 1.